The highest BCUT2D eigenvalue weighted by molar-refractivity contribution is 5.50. The quantitative estimate of drug-likeness (QED) is 0.805. The lowest BCUT2D eigenvalue weighted by molar-refractivity contribution is 0.523. The average Bonchev–Trinajstić information content (AvgIpc) is 2.43. The van der Waals surface area contributed by atoms with Gasteiger partial charge in [0.05, 0.1) is 0 Å². The summed E-state index contributed by atoms with van der Waals surface area (Å²) in [6, 6.07) is 0. The number of fused-ring (bicyclic) bond motifs is 1. The number of nitrogen functional groups attached to an aromatic ring is 1. The van der Waals surface area contributed by atoms with Crippen molar-refractivity contribution in [3.8, 4) is 0 Å². The summed E-state index contributed by atoms with van der Waals surface area (Å²) in [7, 11) is 0. The highest BCUT2D eigenvalue weighted by Crippen LogP contribution is 2.39. The van der Waals surface area contributed by atoms with Gasteiger partial charge in [-0.15, -0.1) is 0 Å². The minimum Gasteiger partial charge on any atom is -0.383 e. The summed E-state index contributed by atoms with van der Waals surface area (Å²) < 4.78 is 0. The summed E-state index contributed by atoms with van der Waals surface area (Å²) in [5.41, 5.74) is 8.54. The molecule has 0 unspecified atom stereocenters. The van der Waals surface area contributed by atoms with E-state index in [1.807, 2.05) is 0 Å². The molecule has 1 aromatic heterocycles. The molecule has 15 heavy (non-hydrogen) atoms. The van der Waals surface area contributed by atoms with Gasteiger partial charge in [-0.3, -0.25) is 0 Å². The van der Waals surface area contributed by atoms with Crippen LogP contribution in [0, 0.1) is 0 Å². The van der Waals surface area contributed by atoms with Crippen molar-refractivity contribution in [3.05, 3.63) is 17.1 Å². The first-order valence-corrected chi connectivity index (χ1v) is 5.70. The van der Waals surface area contributed by atoms with Crippen molar-refractivity contribution in [1.82, 2.24) is 9.97 Å². The van der Waals surface area contributed by atoms with Crippen molar-refractivity contribution in [1.29, 1.82) is 0 Å². The van der Waals surface area contributed by atoms with Crippen LogP contribution < -0.4 is 5.73 Å². The monoisotopic (exact) mass is 205 g/mol. The van der Waals surface area contributed by atoms with E-state index in [2.05, 4.69) is 30.7 Å². The SMILES string of the molecule is CCCc1nc(N)c2c(n1)CCC2(C)C. The zero-order chi connectivity index (χ0) is 11.1. The molecule has 0 fully saturated rings. The number of rotatable bonds is 2. The van der Waals surface area contributed by atoms with Gasteiger partial charge in [-0.2, -0.15) is 0 Å². The second kappa shape index (κ2) is 3.47. The molecule has 1 heterocycles. The molecule has 0 spiro atoms. The summed E-state index contributed by atoms with van der Waals surface area (Å²) in [6.45, 7) is 6.58. The fourth-order valence-electron chi connectivity index (χ4n) is 2.39. The Morgan fingerprint density at radius 1 is 1.33 bits per heavy atom. The van der Waals surface area contributed by atoms with E-state index in [0.717, 1.165) is 31.5 Å². The van der Waals surface area contributed by atoms with Gasteiger partial charge in [-0.1, -0.05) is 20.8 Å². The molecule has 3 heteroatoms. The molecule has 1 aliphatic rings. The molecule has 1 aliphatic carbocycles. The molecule has 2 N–H and O–H groups in total. The van der Waals surface area contributed by atoms with Crippen LogP contribution in [0.15, 0.2) is 0 Å². The third-order valence-electron chi connectivity index (χ3n) is 3.20. The highest BCUT2D eigenvalue weighted by Gasteiger charge is 2.33. The van der Waals surface area contributed by atoms with Crippen LogP contribution in [-0.2, 0) is 18.3 Å². The van der Waals surface area contributed by atoms with Crippen LogP contribution in [0.25, 0.3) is 0 Å². The van der Waals surface area contributed by atoms with E-state index >= 15 is 0 Å². The van der Waals surface area contributed by atoms with Gasteiger partial charge in [0.15, 0.2) is 0 Å². The van der Waals surface area contributed by atoms with Crippen LogP contribution in [0.4, 0.5) is 5.82 Å². The smallest absolute Gasteiger partial charge is 0.131 e. The van der Waals surface area contributed by atoms with Crippen LogP contribution in [0.2, 0.25) is 0 Å². The highest BCUT2D eigenvalue weighted by atomic mass is 15.0. The predicted molar refractivity (Wildman–Crippen MR) is 61.8 cm³/mol. The van der Waals surface area contributed by atoms with Crippen LogP contribution >= 0.6 is 0 Å². The number of aryl methyl sites for hydroxylation is 2. The van der Waals surface area contributed by atoms with Gasteiger partial charge in [0, 0.05) is 17.7 Å². The summed E-state index contributed by atoms with van der Waals surface area (Å²) in [5.74, 6) is 1.61. The fraction of sp³-hybridized carbons (Fsp3) is 0.667. The second-order valence-electron chi connectivity index (χ2n) is 4.98. The number of nitrogens with zero attached hydrogens (tertiary/aromatic N) is 2. The first-order chi connectivity index (χ1) is 7.04. The molecule has 3 nitrogen and oxygen atoms in total. The Hall–Kier alpha value is -1.12. The molecule has 0 saturated heterocycles. The van der Waals surface area contributed by atoms with Crippen LogP contribution in [-0.4, -0.2) is 9.97 Å². The van der Waals surface area contributed by atoms with Gasteiger partial charge < -0.3 is 5.73 Å². The Morgan fingerprint density at radius 3 is 2.73 bits per heavy atom. The summed E-state index contributed by atoms with van der Waals surface area (Å²) in [4.78, 5) is 9.01. The lowest BCUT2D eigenvalue weighted by atomic mass is 9.87. The maximum absolute atomic E-state index is 6.03. The fourth-order valence-corrected chi connectivity index (χ4v) is 2.39. The maximum atomic E-state index is 6.03. The number of hydrogen-bond donors (Lipinski definition) is 1. The Kier molecular flexibility index (Phi) is 2.41. The predicted octanol–water partition coefficient (Wildman–Crippen LogP) is 2.24. The molecule has 0 aromatic carbocycles. The van der Waals surface area contributed by atoms with E-state index < -0.39 is 0 Å². The van der Waals surface area contributed by atoms with Gasteiger partial charge >= 0.3 is 0 Å². The molecule has 0 amide bonds. The van der Waals surface area contributed by atoms with Crippen molar-refractivity contribution < 1.29 is 0 Å². The number of hydrogen-bond acceptors (Lipinski definition) is 3. The summed E-state index contributed by atoms with van der Waals surface area (Å²) in [6.07, 6.45) is 4.18. The van der Waals surface area contributed by atoms with Crippen LogP contribution in [0.1, 0.15) is 50.7 Å². The largest absolute Gasteiger partial charge is 0.383 e. The lowest BCUT2D eigenvalue weighted by Gasteiger charge is -2.19. The minimum absolute atomic E-state index is 0.157. The summed E-state index contributed by atoms with van der Waals surface area (Å²) in [5, 5.41) is 0. The number of aromatic nitrogens is 2. The van der Waals surface area contributed by atoms with E-state index in [-0.39, 0.29) is 5.41 Å². The molecule has 0 saturated carbocycles. The molecule has 0 bridgehead atoms. The maximum Gasteiger partial charge on any atom is 0.131 e. The molecule has 0 aliphatic heterocycles. The van der Waals surface area contributed by atoms with Gasteiger partial charge in [0.25, 0.3) is 0 Å². The normalized spacial score (nSPS) is 17.8. The van der Waals surface area contributed by atoms with E-state index in [1.54, 1.807) is 0 Å². The van der Waals surface area contributed by atoms with Gasteiger partial charge in [-0.25, -0.2) is 9.97 Å². The average molecular weight is 205 g/mol. The molecule has 0 atom stereocenters. The molecule has 0 radical (unpaired) electrons. The molecule has 82 valence electrons. The van der Waals surface area contributed by atoms with E-state index in [0.29, 0.717) is 5.82 Å². The molecular formula is C12H19N3. The third-order valence-corrected chi connectivity index (χ3v) is 3.20. The third kappa shape index (κ3) is 1.71. The Labute approximate surface area is 91.1 Å². The lowest BCUT2D eigenvalue weighted by Crippen LogP contribution is -2.16. The second-order valence-corrected chi connectivity index (χ2v) is 4.98. The van der Waals surface area contributed by atoms with Gasteiger partial charge in [-0.05, 0) is 24.7 Å². The van der Waals surface area contributed by atoms with E-state index in [9.17, 15) is 0 Å². The number of anilines is 1. The zero-order valence-corrected chi connectivity index (χ0v) is 9.80. The van der Waals surface area contributed by atoms with Crippen LogP contribution in [0.5, 0.6) is 0 Å². The zero-order valence-electron chi connectivity index (χ0n) is 9.80. The van der Waals surface area contributed by atoms with Crippen LogP contribution in [0.3, 0.4) is 0 Å². The first kappa shape index (κ1) is 10.4. The Bertz CT molecular complexity index is 383. The van der Waals surface area contributed by atoms with Crippen molar-refractivity contribution >= 4 is 5.82 Å². The topological polar surface area (TPSA) is 51.8 Å². The molecule has 1 aromatic rings. The minimum atomic E-state index is 0.157. The van der Waals surface area contributed by atoms with Crippen molar-refractivity contribution in [3.63, 3.8) is 0 Å². The Balaban J connectivity index is 2.47. The van der Waals surface area contributed by atoms with E-state index in [1.165, 1.54) is 11.3 Å². The van der Waals surface area contributed by atoms with Gasteiger partial charge in [0.1, 0.15) is 11.6 Å². The van der Waals surface area contributed by atoms with E-state index in [4.69, 9.17) is 5.73 Å². The van der Waals surface area contributed by atoms with Crippen molar-refractivity contribution in [2.45, 2.75) is 51.9 Å². The molecular weight excluding hydrogens is 186 g/mol. The van der Waals surface area contributed by atoms with Gasteiger partial charge in [0.2, 0.25) is 0 Å². The summed E-state index contributed by atoms with van der Waals surface area (Å²) >= 11 is 0. The standard InChI is InChI=1S/C12H19N3/c1-4-5-9-14-8-6-7-12(2,3)10(8)11(13)15-9/h4-7H2,1-3H3,(H2,13,14,15). The van der Waals surface area contributed by atoms with Crippen molar-refractivity contribution in [2.24, 2.45) is 0 Å². The van der Waals surface area contributed by atoms with Crippen molar-refractivity contribution in [2.75, 3.05) is 5.73 Å². The number of nitrogens with two attached hydrogens (primary N) is 1. The first-order valence-electron chi connectivity index (χ1n) is 5.70. The Morgan fingerprint density at radius 2 is 2.07 bits per heavy atom. The molecule has 2 rings (SSSR count).